The van der Waals surface area contributed by atoms with Crippen molar-refractivity contribution in [2.75, 3.05) is 6.54 Å². The number of aromatic nitrogens is 1. The fourth-order valence-electron chi connectivity index (χ4n) is 3.18. The topological polar surface area (TPSA) is 56.0 Å². The molecule has 2 N–H and O–H groups in total. The number of ketones is 1. The zero-order valence-corrected chi connectivity index (χ0v) is 10.9. The highest BCUT2D eigenvalue weighted by Gasteiger charge is 2.40. The molecular weight excluding hydrogens is 236 g/mol. The fourth-order valence-corrected chi connectivity index (χ4v) is 3.18. The van der Waals surface area contributed by atoms with E-state index in [0.29, 0.717) is 6.54 Å². The van der Waals surface area contributed by atoms with Crippen LogP contribution in [0, 0.1) is 5.41 Å². The molecule has 1 saturated carbocycles. The third-order valence-corrected chi connectivity index (χ3v) is 4.36. The molecule has 1 fully saturated rings. The number of carbonyl (C=O) groups is 1. The van der Waals surface area contributed by atoms with Crippen LogP contribution in [-0.2, 0) is 0 Å². The predicted molar refractivity (Wildman–Crippen MR) is 76.0 cm³/mol. The minimum absolute atomic E-state index is 0.212. The van der Waals surface area contributed by atoms with Crippen LogP contribution in [0.3, 0.4) is 0 Å². The van der Waals surface area contributed by atoms with Crippen molar-refractivity contribution in [3.05, 3.63) is 42.2 Å². The van der Waals surface area contributed by atoms with Crippen molar-refractivity contribution in [1.29, 1.82) is 0 Å². The van der Waals surface area contributed by atoms with E-state index in [0.717, 1.165) is 42.0 Å². The Bertz CT molecular complexity index is 610. The van der Waals surface area contributed by atoms with Crippen LogP contribution in [0.5, 0.6) is 0 Å². The highest BCUT2D eigenvalue weighted by atomic mass is 16.1. The Morgan fingerprint density at radius 3 is 2.79 bits per heavy atom. The van der Waals surface area contributed by atoms with Crippen LogP contribution in [0.15, 0.2) is 36.7 Å². The first-order chi connectivity index (χ1) is 9.27. The summed E-state index contributed by atoms with van der Waals surface area (Å²) in [4.78, 5) is 17.0. The van der Waals surface area contributed by atoms with E-state index < -0.39 is 0 Å². The van der Waals surface area contributed by atoms with Crippen molar-refractivity contribution in [3.63, 3.8) is 0 Å². The first-order valence-corrected chi connectivity index (χ1v) is 6.84. The van der Waals surface area contributed by atoms with Gasteiger partial charge in [0.15, 0.2) is 5.78 Å². The van der Waals surface area contributed by atoms with Crippen molar-refractivity contribution >= 4 is 16.6 Å². The van der Waals surface area contributed by atoms with Gasteiger partial charge in [-0.25, -0.2) is 0 Å². The Kier molecular flexibility index (Phi) is 3.07. The Hall–Kier alpha value is -1.74. The minimum Gasteiger partial charge on any atom is -0.329 e. The number of carbonyl (C=O) groups excluding carboxylic acids is 1. The van der Waals surface area contributed by atoms with Crippen molar-refractivity contribution < 1.29 is 4.79 Å². The van der Waals surface area contributed by atoms with Crippen LogP contribution in [0.25, 0.3) is 10.8 Å². The van der Waals surface area contributed by atoms with Crippen molar-refractivity contribution in [3.8, 4) is 0 Å². The van der Waals surface area contributed by atoms with E-state index in [9.17, 15) is 4.79 Å². The molecule has 0 atom stereocenters. The molecule has 1 aromatic heterocycles. The quantitative estimate of drug-likeness (QED) is 0.857. The summed E-state index contributed by atoms with van der Waals surface area (Å²) in [5.74, 6) is 0.212. The lowest BCUT2D eigenvalue weighted by Crippen LogP contribution is -2.36. The van der Waals surface area contributed by atoms with E-state index in [4.69, 9.17) is 5.73 Å². The van der Waals surface area contributed by atoms with E-state index in [2.05, 4.69) is 4.98 Å². The second-order valence-electron chi connectivity index (χ2n) is 5.42. The lowest BCUT2D eigenvalue weighted by Gasteiger charge is -2.26. The second-order valence-corrected chi connectivity index (χ2v) is 5.42. The van der Waals surface area contributed by atoms with Crippen LogP contribution in [0.2, 0.25) is 0 Å². The largest absolute Gasteiger partial charge is 0.329 e. The number of nitrogens with two attached hydrogens (primary N) is 1. The van der Waals surface area contributed by atoms with Gasteiger partial charge < -0.3 is 5.73 Å². The number of benzene rings is 1. The molecule has 1 aliphatic rings. The zero-order valence-electron chi connectivity index (χ0n) is 10.9. The highest BCUT2D eigenvalue weighted by Crippen LogP contribution is 2.40. The normalized spacial score (nSPS) is 17.7. The summed E-state index contributed by atoms with van der Waals surface area (Å²) in [6, 6.07) is 7.75. The van der Waals surface area contributed by atoms with Gasteiger partial charge in [0.05, 0.1) is 0 Å². The third-order valence-electron chi connectivity index (χ3n) is 4.36. The molecule has 19 heavy (non-hydrogen) atoms. The molecule has 3 nitrogen and oxygen atoms in total. The average molecular weight is 254 g/mol. The molecule has 0 amide bonds. The second kappa shape index (κ2) is 4.74. The van der Waals surface area contributed by atoms with Gasteiger partial charge >= 0.3 is 0 Å². The molecule has 0 radical (unpaired) electrons. The molecule has 1 aromatic carbocycles. The average Bonchev–Trinajstić information content (AvgIpc) is 2.96. The number of pyridine rings is 1. The van der Waals surface area contributed by atoms with E-state index >= 15 is 0 Å². The number of hydrogen-bond donors (Lipinski definition) is 1. The molecule has 2 aromatic rings. The van der Waals surface area contributed by atoms with Gasteiger partial charge in [-0.05, 0) is 24.3 Å². The van der Waals surface area contributed by atoms with Crippen molar-refractivity contribution in [2.45, 2.75) is 25.7 Å². The zero-order chi connectivity index (χ0) is 13.3. The van der Waals surface area contributed by atoms with Gasteiger partial charge in [-0.15, -0.1) is 0 Å². The molecule has 0 saturated heterocycles. The van der Waals surface area contributed by atoms with Crippen LogP contribution < -0.4 is 5.73 Å². The Labute approximate surface area is 112 Å². The number of nitrogens with zero attached hydrogens (tertiary/aromatic N) is 1. The van der Waals surface area contributed by atoms with Crippen LogP contribution >= 0.6 is 0 Å². The van der Waals surface area contributed by atoms with Gasteiger partial charge in [0.25, 0.3) is 0 Å². The molecule has 0 spiro atoms. The molecule has 1 heterocycles. The van der Waals surface area contributed by atoms with Gasteiger partial charge in [-0.1, -0.05) is 31.0 Å². The van der Waals surface area contributed by atoms with Crippen LogP contribution in [0.1, 0.15) is 36.0 Å². The molecule has 0 unspecified atom stereocenters. The fraction of sp³-hybridized carbons (Fsp3) is 0.375. The maximum absolute atomic E-state index is 12.9. The molecule has 1 aliphatic carbocycles. The van der Waals surface area contributed by atoms with Gasteiger partial charge in [0.1, 0.15) is 0 Å². The highest BCUT2D eigenvalue weighted by molar-refractivity contribution is 6.10. The number of fused-ring (bicyclic) bond motifs is 1. The lowest BCUT2D eigenvalue weighted by molar-refractivity contribution is 0.0812. The van der Waals surface area contributed by atoms with Crippen molar-refractivity contribution in [2.24, 2.45) is 11.1 Å². The van der Waals surface area contributed by atoms with Crippen LogP contribution in [0.4, 0.5) is 0 Å². The Balaban J connectivity index is 2.11. The van der Waals surface area contributed by atoms with Crippen molar-refractivity contribution in [1.82, 2.24) is 4.98 Å². The first kappa shape index (κ1) is 12.3. The van der Waals surface area contributed by atoms with E-state index in [1.165, 1.54) is 0 Å². The van der Waals surface area contributed by atoms with E-state index in [1.54, 1.807) is 12.4 Å². The Morgan fingerprint density at radius 2 is 2.05 bits per heavy atom. The number of rotatable bonds is 3. The summed E-state index contributed by atoms with van der Waals surface area (Å²) < 4.78 is 0. The molecule has 3 heteroatoms. The van der Waals surface area contributed by atoms with Gasteiger partial charge in [0, 0.05) is 35.3 Å². The summed E-state index contributed by atoms with van der Waals surface area (Å²) in [6.07, 6.45) is 7.59. The number of Topliss-reactive ketones (excluding diaryl/α,β-unsaturated/α-hetero) is 1. The SMILES string of the molecule is NCC1(C(=O)c2cccc3cnccc23)CCCC1. The van der Waals surface area contributed by atoms with Gasteiger partial charge in [0.2, 0.25) is 0 Å². The minimum atomic E-state index is -0.336. The molecule has 0 bridgehead atoms. The standard InChI is InChI=1S/C16H18N2O/c17-11-16(7-1-2-8-16)15(19)14-5-3-4-12-10-18-9-6-13(12)14/h3-6,9-10H,1-2,7-8,11,17H2. The molecule has 3 rings (SSSR count). The van der Waals surface area contributed by atoms with E-state index in [1.807, 2.05) is 24.3 Å². The Morgan fingerprint density at radius 1 is 1.26 bits per heavy atom. The lowest BCUT2D eigenvalue weighted by atomic mass is 9.78. The monoisotopic (exact) mass is 254 g/mol. The maximum atomic E-state index is 12.9. The summed E-state index contributed by atoms with van der Waals surface area (Å²) in [5, 5.41) is 2.00. The maximum Gasteiger partial charge on any atom is 0.170 e. The van der Waals surface area contributed by atoms with Crippen LogP contribution in [-0.4, -0.2) is 17.3 Å². The predicted octanol–water partition coefficient (Wildman–Crippen LogP) is 2.94. The first-order valence-electron chi connectivity index (χ1n) is 6.84. The third kappa shape index (κ3) is 1.94. The summed E-state index contributed by atoms with van der Waals surface area (Å²) >= 11 is 0. The van der Waals surface area contributed by atoms with Gasteiger partial charge in [-0.3, -0.25) is 9.78 Å². The summed E-state index contributed by atoms with van der Waals surface area (Å²) in [7, 11) is 0. The number of hydrogen-bond acceptors (Lipinski definition) is 3. The molecular formula is C16H18N2O. The smallest absolute Gasteiger partial charge is 0.170 e. The van der Waals surface area contributed by atoms with Gasteiger partial charge in [-0.2, -0.15) is 0 Å². The molecule has 0 aliphatic heterocycles. The molecule has 98 valence electrons. The summed E-state index contributed by atoms with van der Waals surface area (Å²) in [6.45, 7) is 0.452. The van der Waals surface area contributed by atoms with E-state index in [-0.39, 0.29) is 11.2 Å². The summed E-state index contributed by atoms with van der Waals surface area (Å²) in [5.41, 5.74) is 6.38.